The summed E-state index contributed by atoms with van der Waals surface area (Å²) in [5.41, 5.74) is 0. The summed E-state index contributed by atoms with van der Waals surface area (Å²) >= 11 is 0. The third-order valence-corrected chi connectivity index (χ3v) is 15.2. The van der Waals surface area contributed by atoms with E-state index in [9.17, 15) is 14.4 Å². The Morgan fingerprint density at radius 2 is 0.482 bits per heavy atom. The molecule has 0 fully saturated rings. The molecule has 0 aromatic rings. The van der Waals surface area contributed by atoms with Crippen LogP contribution in [0.25, 0.3) is 0 Å². The Kier molecular flexibility index (Phi) is 67.2. The number of hydrogen-bond donors (Lipinski definition) is 0. The van der Waals surface area contributed by atoms with Crippen molar-refractivity contribution in [3.63, 3.8) is 0 Å². The molecule has 6 heteroatoms. The van der Waals surface area contributed by atoms with Gasteiger partial charge in [0.25, 0.3) is 0 Å². The number of carbonyl (C=O) groups excluding carboxylic acids is 3. The van der Waals surface area contributed by atoms with Crippen molar-refractivity contribution >= 4 is 17.9 Å². The van der Waals surface area contributed by atoms with Crippen molar-refractivity contribution in [2.24, 2.45) is 0 Å². The van der Waals surface area contributed by atoms with Crippen LogP contribution in [-0.4, -0.2) is 37.2 Å². The van der Waals surface area contributed by atoms with Crippen molar-refractivity contribution in [3.8, 4) is 0 Å². The van der Waals surface area contributed by atoms with E-state index >= 15 is 0 Å². The van der Waals surface area contributed by atoms with Crippen LogP contribution in [0.4, 0.5) is 0 Å². The van der Waals surface area contributed by atoms with Crippen molar-refractivity contribution < 1.29 is 28.6 Å². The highest BCUT2D eigenvalue weighted by Gasteiger charge is 2.19. The summed E-state index contributed by atoms with van der Waals surface area (Å²) in [7, 11) is 0. The molecule has 0 saturated carbocycles. The van der Waals surface area contributed by atoms with Gasteiger partial charge in [-0.25, -0.2) is 0 Å². The maximum absolute atomic E-state index is 12.9. The molecule has 83 heavy (non-hydrogen) atoms. The maximum atomic E-state index is 12.9. The van der Waals surface area contributed by atoms with Crippen LogP contribution in [0.15, 0.2) is 109 Å². The van der Waals surface area contributed by atoms with E-state index in [4.69, 9.17) is 14.2 Å². The lowest BCUT2D eigenvalue weighted by atomic mass is 10.0. The fraction of sp³-hybridized carbons (Fsp3) is 0.727. The van der Waals surface area contributed by atoms with E-state index in [1.165, 1.54) is 193 Å². The third kappa shape index (κ3) is 68.7. The van der Waals surface area contributed by atoms with Gasteiger partial charge in [-0.15, -0.1) is 0 Å². The molecule has 476 valence electrons. The monoisotopic (exact) mass is 1150 g/mol. The van der Waals surface area contributed by atoms with E-state index in [0.717, 1.165) is 109 Å². The molecule has 0 aliphatic heterocycles. The quantitative estimate of drug-likeness (QED) is 0.0261. The van der Waals surface area contributed by atoms with Crippen molar-refractivity contribution in [2.45, 2.75) is 348 Å². The number of ether oxygens (including phenoxy) is 3. The molecule has 0 amide bonds. The number of unbranched alkanes of at least 4 members (excludes halogenated alkanes) is 35. The molecule has 0 spiro atoms. The van der Waals surface area contributed by atoms with Gasteiger partial charge in [-0.05, 0) is 122 Å². The highest BCUT2D eigenvalue weighted by molar-refractivity contribution is 5.71. The van der Waals surface area contributed by atoms with Crippen LogP contribution in [0.3, 0.4) is 0 Å². The van der Waals surface area contributed by atoms with E-state index in [1.807, 2.05) is 0 Å². The fourth-order valence-corrected chi connectivity index (χ4v) is 9.93. The molecule has 0 aromatic carbocycles. The third-order valence-electron chi connectivity index (χ3n) is 15.2. The number of hydrogen-bond acceptors (Lipinski definition) is 6. The second kappa shape index (κ2) is 70.6. The molecule has 1 unspecified atom stereocenters. The van der Waals surface area contributed by atoms with Crippen LogP contribution >= 0.6 is 0 Å². The van der Waals surface area contributed by atoms with Gasteiger partial charge >= 0.3 is 17.9 Å². The molecule has 0 bridgehead atoms. The predicted octanol–water partition coefficient (Wildman–Crippen LogP) is 24.6. The van der Waals surface area contributed by atoms with Crippen molar-refractivity contribution in [1.82, 2.24) is 0 Å². The summed E-state index contributed by atoms with van der Waals surface area (Å²) in [6.07, 6.45) is 96.9. The predicted molar refractivity (Wildman–Crippen MR) is 362 cm³/mol. The van der Waals surface area contributed by atoms with Crippen LogP contribution in [0, 0.1) is 0 Å². The van der Waals surface area contributed by atoms with E-state index < -0.39 is 6.10 Å². The van der Waals surface area contributed by atoms with E-state index in [0.29, 0.717) is 19.3 Å². The second-order valence-corrected chi connectivity index (χ2v) is 23.4. The average Bonchev–Trinajstić information content (AvgIpc) is 3.48. The Bertz CT molecular complexity index is 1660. The van der Waals surface area contributed by atoms with Crippen molar-refractivity contribution in [3.05, 3.63) is 109 Å². The second-order valence-electron chi connectivity index (χ2n) is 23.4. The zero-order valence-electron chi connectivity index (χ0n) is 54.7. The molecule has 0 aliphatic rings. The molecule has 6 nitrogen and oxygen atoms in total. The molecular formula is C77H132O6. The Balaban J connectivity index is 4.17. The first-order valence-electron chi connectivity index (χ1n) is 35.4. The average molecular weight is 1150 g/mol. The lowest BCUT2D eigenvalue weighted by molar-refractivity contribution is -0.167. The molecular weight excluding hydrogens is 1020 g/mol. The van der Waals surface area contributed by atoms with Crippen LogP contribution < -0.4 is 0 Å². The van der Waals surface area contributed by atoms with Crippen LogP contribution in [0.2, 0.25) is 0 Å². The number of esters is 3. The molecule has 0 radical (unpaired) electrons. The summed E-state index contributed by atoms with van der Waals surface area (Å²) in [6, 6.07) is 0. The summed E-state index contributed by atoms with van der Waals surface area (Å²) in [4.78, 5) is 38.3. The van der Waals surface area contributed by atoms with E-state index in [2.05, 4.69) is 130 Å². The summed E-state index contributed by atoms with van der Waals surface area (Å²) in [6.45, 7) is 6.51. The van der Waals surface area contributed by atoms with E-state index in [-0.39, 0.29) is 31.1 Å². The minimum absolute atomic E-state index is 0.0795. The molecule has 0 rings (SSSR count). The maximum Gasteiger partial charge on any atom is 0.306 e. The van der Waals surface area contributed by atoms with Gasteiger partial charge < -0.3 is 14.2 Å². The Morgan fingerprint density at radius 3 is 0.783 bits per heavy atom. The smallest absolute Gasteiger partial charge is 0.306 e. The summed E-state index contributed by atoms with van der Waals surface area (Å²) in [5.74, 6) is -0.880. The SMILES string of the molecule is CC/C=C\C/C=C\C/C=C\C/C=C\C/C=C\C/C=C\C/C=C\CCCCCCCCCCCCCCCC(=O)OCC(COC(=O)CCCCCCC/C=C\CCCC)OC(=O)CCCCCCCCCCC/C=C\CCCCCCCC. The molecule has 0 aliphatic carbocycles. The van der Waals surface area contributed by atoms with Gasteiger partial charge in [0.1, 0.15) is 13.2 Å². The molecule has 0 N–H and O–H groups in total. The number of allylic oxidation sites excluding steroid dienone is 18. The summed E-state index contributed by atoms with van der Waals surface area (Å²) < 4.78 is 16.9. The topological polar surface area (TPSA) is 78.9 Å². The zero-order valence-corrected chi connectivity index (χ0v) is 54.7. The van der Waals surface area contributed by atoms with Gasteiger partial charge in [0.2, 0.25) is 0 Å². The molecule has 0 heterocycles. The number of rotatable bonds is 64. The first-order valence-corrected chi connectivity index (χ1v) is 35.4. The van der Waals surface area contributed by atoms with Crippen molar-refractivity contribution in [2.75, 3.05) is 13.2 Å². The van der Waals surface area contributed by atoms with Crippen LogP contribution in [0.1, 0.15) is 342 Å². The minimum Gasteiger partial charge on any atom is -0.462 e. The van der Waals surface area contributed by atoms with E-state index in [1.54, 1.807) is 0 Å². The normalized spacial score (nSPS) is 12.8. The minimum atomic E-state index is -0.783. The van der Waals surface area contributed by atoms with Crippen LogP contribution in [0.5, 0.6) is 0 Å². The van der Waals surface area contributed by atoms with Gasteiger partial charge in [-0.1, -0.05) is 310 Å². The molecule has 1 atom stereocenters. The Hall–Kier alpha value is -3.93. The van der Waals surface area contributed by atoms with Crippen LogP contribution in [-0.2, 0) is 28.6 Å². The lowest BCUT2D eigenvalue weighted by Crippen LogP contribution is -2.30. The molecule has 0 saturated heterocycles. The van der Waals surface area contributed by atoms with Gasteiger partial charge in [0.15, 0.2) is 6.10 Å². The first kappa shape index (κ1) is 79.1. The molecule has 0 aromatic heterocycles. The van der Waals surface area contributed by atoms with Gasteiger partial charge in [-0.2, -0.15) is 0 Å². The van der Waals surface area contributed by atoms with Gasteiger partial charge in [-0.3, -0.25) is 14.4 Å². The fourth-order valence-electron chi connectivity index (χ4n) is 9.93. The number of carbonyl (C=O) groups is 3. The highest BCUT2D eigenvalue weighted by Crippen LogP contribution is 2.17. The lowest BCUT2D eigenvalue weighted by Gasteiger charge is -2.18. The highest BCUT2D eigenvalue weighted by atomic mass is 16.6. The standard InChI is InChI=1S/C77H132O6/c1-4-7-10-13-16-19-22-24-26-28-30-31-32-33-34-35-36-37-38-39-40-41-42-43-44-45-47-48-50-52-55-58-61-64-67-70-76(79)82-73-74(72-81-75(78)69-66-63-60-57-54-21-18-15-12-9-6-3)83-77(80)71-68-65-62-59-56-53-51-49-46-29-27-25-23-20-17-14-11-8-5-2/h7,10,15-16,18-19,24-27,30-31,33-34,36-37,39-40,74H,4-6,8-9,11-14,17,20-23,28-29,32,35,38,41-73H2,1-3H3/b10-7-,18-15-,19-16-,26-24-,27-25-,31-30-,34-33-,37-36-,40-39-. The van der Waals surface area contributed by atoms with Crippen molar-refractivity contribution in [1.29, 1.82) is 0 Å². The zero-order chi connectivity index (χ0) is 59.9. The largest absolute Gasteiger partial charge is 0.462 e. The Labute approximate surface area is 514 Å². The summed E-state index contributed by atoms with van der Waals surface area (Å²) in [5, 5.41) is 0. The van der Waals surface area contributed by atoms with Gasteiger partial charge in [0.05, 0.1) is 0 Å². The first-order chi connectivity index (χ1) is 41.0. The Morgan fingerprint density at radius 1 is 0.253 bits per heavy atom. The van der Waals surface area contributed by atoms with Gasteiger partial charge in [0, 0.05) is 19.3 Å².